The van der Waals surface area contributed by atoms with Crippen LogP contribution in [0.4, 0.5) is 11.6 Å². The highest BCUT2D eigenvalue weighted by molar-refractivity contribution is 6.30. The summed E-state index contributed by atoms with van der Waals surface area (Å²) < 4.78 is 1.24. The van der Waals surface area contributed by atoms with Gasteiger partial charge in [-0.3, -0.25) is 0 Å². The SMILES string of the molecule is Nc1nn(-c2cccc(Cl)c2)c(N)c1C(=O)O. The minimum Gasteiger partial charge on any atom is -0.477 e. The largest absolute Gasteiger partial charge is 0.477 e. The van der Waals surface area contributed by atoms with Gasteiger partial charge in [-0.1, -0.05) is 17.7 Å². The molecule has 0 fully saturated rings. The number of carboxylic acid groups (broad SMARTS) is 1. The Morgan fingerprint density at radius 3 is 2.65 bits per heavy atom. The Kier molecular flexibility index (Phi) is 2.64. The molecule has 1 aromatic carbocycles. The summed E-state index contributed by atoms with van der Waals surface area (Å²) in [5.74, 6) is -1.37. The van der Waals surface area contributed by atoms with Gasteiger partial charge in [0.25, 0.3) is 0 Å². The highest BCUT2D eigenvalue weighted by atomic mass is 35.5. The first-order valence-corrected chi connectivity index (χ1v) is 5.01. The van der Waals surface area contributed by atoms with E-state index in [9.17, 15) is 4.79 Å². The molecule has 0 bridgehead atoms. The number of nitrogens with two attached hydrogens (primary N) is 2. The third-order valence-corrected chi connectivity index (χ3v) is 2.45. The predicted molar refractivity (Wildman–Crippen MR) is 64.4 cm³/mol. The van der Waals surface area contributed by atoms with Crippen LogP contribution in [0.2, 0.25) is 5.02 Å². The number of nitrogen functional groups attached to an aromatic ring is 2. The second-order valence-electron chi connectivity index (χ2n) is 3.34. The quantitative estimate of drug-likeness (QED) is 0.749. The molecule has 0 aliphatic carbocycles. The van der Waals surface area contributed by atoms with Crippen LogP contribution in [-0.4, -0.2) is 20.9 Å². The number of rotatable bonds is 2. The zero-order valence-corrected chi connectivity index (χ0v) is 9.35. The lowest BCUT2D eigenvalue weighted by Crippen LogP contribution is -2.06. The zero-order chi connectivity index (χ0) is 12.6. The van der Waals surface area contributed by atoms with E-state index in [-0.39, 0.29) is 17.2 Å². The van der Waals surface area contributed by atoms with Gasteiger partial charge in [0.15, 0.2) is 5.82 Å². The van der Waals surface area contributed by atoms with Crippen LogP contribution in [0, 0.1) is 0 Å². The van der Waals surface area contributed by atoms with Crippen molar-refractivity contribution in [3.8, 4) is 5.69 Å². The van der Waals surface area contributed by atoms with E-state index in [2.05, 4.69) is 5.10 Å². The maximum absolute atomic E-state index is 10.9. The Bertz CT molecular complexity index is 594. The molecule has 0 saturated heterocycles. The number of carboxylic acids is 1. The maximum atomic E-state index is 10.9. The Morgan fingerprint density at radius 1 is 1.41 bits per heavy atom. The third kappa shape index (κ3) is 1.90. The summed E-state index contributed by atoms with van der Waals surface area (Å²) in [7, 11) is 0. The minimum atomic E-state index is -1.21. The van der Waals surface area contributed by atoms with E-state index in [0.717, 1.165) is 0 Å². The van der Waals surface area contributed by atoms with Crippen molar-refractivity contribution in [1.82, 2.24) is 9.78 Å². The van der Waals surface area contributed by atoms with Gasteiger partial charge in [-0.05, 0) is 18.2 Å². The molecule has 1 aromatic heterocycles. The number of aromatic nitrogens is 2. The molecule has 0 unspecified atom stereocenters. The molecule has 2 rings (SSSR count). The summed E-state index contributed by atoms with van der Waals surface area (Å²) in [6.07, 6.45) is 0. The first-order valence-electron chi connectivity index (χ1n) is 4.64. The van der Waals surface area contributed by atoms with Gasteiger partial charge >= 0.3 is 5.97 Å². The van der Waals surface area contributed by atoms with Crippen molar-refractivity contribution >= 4 is 29.2 Å². The van der Waals surface area contributed by atoms with Crippen LogP contribution in [-0.2, 0) is 0 Å². The molecule has 0 aliphatic heterocycles. The van der Waals surface area contributed by atoms with Crippen molar-refractivity contribution in [2.45, 2.75) is 0 Å². The number of aromatic carboxylic acids is 1. The lowest BCUT2D eigenvalue weighted by Gasteiger charge is -2.03. The van der Waals surface area contributed by atoms with Crippen molar-refractivity contribution in [3.05, 3.63) is 34.9 Å². The smallest absolute Gasteiger partial charge is 0.343 e. The average Bonchev–Trinajstić information content (AvgIpc) is 2.54. The van der Waals surface area contributed by atoms with E-state index < -0.39 is 5.97 Å². The van der Waals surface area contributed by atoms with E-state index in [4.69, 9.17) is 28.2 Å². The molecule has 2 aromatic rings. The van der Waals surface area contributed by atoms with Crippen LogP contribution in [0.3, 0.4) is 0 Å². The van der Waals surface area contributed by atoms with E-state index >= 15 is 0 Å². The van der Waals surface area contributed by atoms with Crippen molar-refractivity contribution in [1.29, 1.82) is 0 Å². The molecule has 0 spiro atoms. The van der Waals surface area contributed by atoms with Crippen LogP contribution < -0.4 is 11.5 Å². The van der Waals surface area contributed by atoms with Gasteiger partial charge in [0.2, 0.25) is 0 Å². The second-order valence-corrected chi connectivity index (χ2v) is 3.78. The number of carbonyl (C=O) groups is 1. The van der Waals surface area contributed by atoms with Gasteiger partial charge < -0.3 is 16.6 Å². The molecule has 0 amide bonds. The van der Waals surface area contributed by atoms with Crippen molar-refractivity contribution in [2.75, 3.05) is 11.5 Å². The van der Waals surface area contributed by atoms with Gasteiger partial charge in [0.05, 0.1) is 5.69 Å². The summed E-state index contributed by atoms with van der Waals surface area (Å²) in [5.41, 5.74) is 11.5. The zero-order valence-electron chi connectivity index (χ0n) is 8.59. The van der Waals surface area contributed by atoms with Crippen LogP contribution in [0.25, 0.3) is 5.69 Å². The van der Waals surface area contributed by atoms with Crippen LogP contribution >= 0.6 is 11.6 Å². The van der Waals surface area contributed by atoms with Gasteiger partial charge in [-0.25, -0.2) is 9.48 Å². The van der Waals surface area contributed by atoms with Crippen LogP contribution in [0.15, 0.2) is 24.3 Å². The van der Waals surface area contributed by atoms with Gasteiger partial charge in [0, 0.05) is 5.02 Å². The summed E-state index contributed by atoms with van der Waals surface area (Å²) in [6, 6.07) is 6.69. The van der Waals surface area contributed by atoms with E-state index in [1.807, 2.05) is 0 Å². The van der Waals surface area contributed by atoms with Gasteiger partial charge in [-0.2, -0.15) is 0 Å². The summed E-state index contributed by atoms with van der Waals surface area (Å²) >= 11 is 5.83. The van der Waals surface area contributed by atoms with Crippen molar-refractivity contribution in [3.63, 3.8) is 0 Å². The number of halogens is 1. The lowest BCUT2D eigenvalue weighted by molar-refractivity contribution is 0.0699. The molecule has 88 valence electrons. The summed E-state index contributed by atoms with van der Waals surface area (Å²) in [4.78, 5) is 10.9. The summed E-state index contributed by atoms with van der Waals surface area (Å²) in [5, 5.41) is 13.3. The molecule has 0 atom stereocenters. The van der Waals surface area contributed by atoms with Crippen LogP contribution in [0.5, 0.6) is 0 Å². The highest BCUT2D eigenvalue weighted by Gasteiger charge is 2.20. The first-order chi connectivity index (χ1) is 8.00. The number of anilines is 2. The average molecular weight is 253 g/mol. The number of hydrogen-bond donors (Lipinski definition) is 3. The monoisotopic (exact) mass is 252 g/mol. The molecule has 17 heavy (non-hydrogen) atoms. The second kappa shape index (κ2) is 3.99. The number of benzene rings is 1. The van der Waals surface area contributed by atoms with E-state index in [1.54, 1.807) is 24.3 Å². The standard InChI is InChI=1S/C10H9ClN4O2/c11-5-2-1-3-6(4-5)15-9(13)7(10(16)17)8(12)14-15/h1-4H,13H2,(H2,12,14)(H,16,17). The molecular formula is C10H9ClN4O2. The fourth-order valence-electron chi connectivity index (χ4n) is 1.47. The fourth-order valence-corrected chi connectivity index (χ4v) is 1.66. The van der Waals surface area contributed by atoms with E-state index in [1.165, 1.54) is 4.68 Å². The fraction of sp³-hybridized carbons (Fsp3) is 0. The lowest BCUT2D eigenvalue weighted by atomic mass is 10.3. The Balaban J connectivity index is 2.62. The minimum absolute atomic E-state index is 0.0303. The Hall–Kier alpha value is -2.21. The molecule has 7 heteroatoms. The normalized spacial score (nSPS) is 10.4. The van der Waals surface area contributed by atoms with Crippen LogP contribution in [0.1, 0.15) is 10.4 Å². The third-order valence-electron chi connectivity index (χ3n) is 2.21. The number of nitrogens with zero attached hydrogens (tertiary/aromatic N) is 2. The molecule has 0 aliphatic rings. The molecule has 1 heterocycles. The molecular weight excluding hydrogens is 244 g/mol. The van der Waals surface area contributed by atoms with Gasteiger partial charge in [0.1, 0.15) is 11.4 Å². The molecule has 6 nitrogen and oxygen atoms in total. The predicted octanol–water partition coefficient (Wildman–Crippen LogP) is 1.39. The summed E-state index contributed by atoms with van der Waals surface area (Å²) in [6.45, 7) is 0. The molecule has 0 saturated carbocycles. The van der Waals surface area contributed by atoms with Crippen molar-refractivity contribution in [2.24, 2.45) is 0 Å². The Morgan fingerprint density at radius 2 is 2.12 bits per heavy atom. The van der Waals surface area contributed by atoms with E-state index in [0.29, 0.717) is 10.7 Å². The Labute approximate surface area is 101 Å². The van der Waals surface area contributed by atoms with Crippen molar-refractivity contribution < 1.29 is 9.90 Å². The first kappa shape index (κ1) is 11.3. The highest BCUT2D eigenvalue weighted by Crippen LogP contribution is 2.24. The maximum Gasteiger partial charge on any atom is 0.343 e. The number of hydrogen-bond acceptors (Lipinski definition) is 4. The molecule has 0 radical (unpaired) electrons. The topological polar surface area (TPSA) is 107 Å². The van der Waals surface area contributed by atoms with Gasteiger partial charge in [-0.15, -0.1) is 5.10 Å². The molecule has 5 N–H and O–H groups in total.